The molecule has 1 aromatic heterocycles. The molecule has 0 saturated carbocycles. The molecule has 0 spiro atoms. The zero-order valence-electron chi connectivity index (χ0n) is 13.0. The number of amides is 1. The highest BCUT2D eigenvalue weighted by Crippen LogP contribution is 2.26. The lowest BCUT2D eigenvalue weighted by Crippen LogP contribution is -2.45. The molecule has 23 heavy (non-hydrogen) atoms. The van der Waals surface area contributed by atoms with Gasteiger partial charge in [0.1, 0.15) is 11.9 Å². The molecule has 1 fully saturated rings. The molecule has 0 bridgehead atoms. The first-order valence-corrected chi connectivity index (χ1v) is 7.69. The van der Waals surface area contributed by atoms with Crippen LogP contribution in [0.3, 0.4) is 0 Å². The highest BCUT2D eigenvalue weighted by molar-refractivity contribution is 5.83. The minimum absolute atomic E-state index is 0.0355. The van der Waals surface area contributed by atoms with Gasteiger partial charge in [-0.1, -0.05) is 18.2 Å². The van der Waals surface area contributed by atoms with Crippen LogP contribution in [0.25, 0.3) is 10.9 Å². The Hall–Kier alpha value is -2.65. The van der Waals surface area contributed by atoms with Crippen molar-refractivity contribution < 1.29 is 4.79 Å². The van der Waals surface area contributed by atoms with Crippen molar-refractivity contribution in [1.29, 1.82) is 5.26 Å². The number of carbonyl (C=O) groups is 1. The van der Waals surface area contributed by atoms with Crippen LogP contribution in [0.2, 0.25) is 0 Å². The van der Waals surface area contributed by atoms with E-state index in [1.54, 1.807) is 6.92 Å². The van der Waals surface area contributed by atoms with Crippen LogP contribution in [0, 0.1) is 11.3 Å². The third kappa shape index (κ3) is 3.10. The summed E-state index contributed by atoms with van der Waals surface area (Å²) < 4.78 is 0. The van der Waals surface area contributed by atoms with Crippen molar-refractivity contribution in [2.45, 2.75) is 25.4 Å². The molecule has 2 heterocycles. The number of anilines is 1. The van der Waals surface area contributed by atoms with Crippen molar-refractivity contribution in [3.8, 4) is 6.07 Å². The van der Waals surface area contributed by atoms with Crippen molar-refractivity contribution >= 4 is 22.6 Å². The van der Waals surface area contributed by atoms with Gasteiger partial charge in [0.2, 0.25) is 5.91 Å². The third-order valence-corrected chi connectivity index (χ3v) is 4.07. The van der Waals surface area contributed by atoms with Gasteiger partial charge in [0, 0.05) is 24.5 Å². The molecule has 2 unspecified atom stereocenters. The molecule has 2 atom stereocenters. The molecule has 118 valence electrons. The fraction of sp³-hybridized carbons (Fsp3) is 0.353. The van der Waals surface area contributed by atoms with Gasteiger partial charge in [0.15, 0.2) is 0 Å². The summed E-state index contributed by atoms with van der Waals surface area (Å²) in [5.41, 5.74) is 7.01. The van der Waals surface area contributed by atoms with Gasteiger partial charge >= 0.3 is 0 Å². The Bertz CT molecular complexity index is 780. The Labute approximate surface area is 134 Å². The van der Waals surface area contributed by atoms with Crippen LogP contribution in [-0.2, 0) is 4.79 Å². The van der Waals surface area contributed by atoms with E-state index in [1.165, 1.54) is 0 Å². The Balaban J connectivity index is 1.84. The lowest BCUT2D eigenvalue weighted by atomic mass is 10.1. The molecule has 3 rings (SSSR count). The van der Waals surface area contributed by atoms with Gasteiger partial charge < -0.3 is 16.0 Å². The summed E-state index contributed by atoms with van der Waals surface area (Å²) in [6, 6.07) is 11.4. The lowest BCUT2D eigenvalue weighted by Gasteiger charge is -2.20. The zero-order valence-corrected chi connectivity index (χ0v) is 13.0. The number of nitrogens with one attached hydrogen (secondary N) is 1. The summed E-state index contributed by atoms with van der Waals surface area (Å²) in [7, 11) is 0. The van der Waals surface area contributed by atoms with Gasteiger partial charge in [0.05, 0.1) is 17.1 Å². The molecule has 1 amide bonds. The second kappa shape index (κ2) is 6.23. The number of nitrogens with zero attached hydrogens (tertiary/aromatic N) is 3. The standard InChI is InChI=1S/C17H19N5O/c1-11(19)17(23)20-14-6-7-22(10-14)16-13(9-18)8-12-4-2-3-5-15(12)21-16/h2-5,8,11,14H,6-7,10,19H2,1H3,(H,20,23). The molecule has 6 nitrogen and oxygen atoms in total. The van der Waals surface area contributed by atoms with Gasteiger partial charge in [-0.15, -0.1) is 0 Å². The van der Waals surface area contributed by atoms with Gasteiger partial charge in [-0.05, 0) is 25.5 Å². The van der Waals surface area contributed by atoms with Gasteiger partial charge in [0.25, 0.3) is 0 Å². The average Bonchev–Trinajstić information content (AvgIpc) is 3.01. The fourth-order valence-electron chi connectivity index (χ4n) is 2.83. The molecule has 1 aromatic carbocycles. The van der Waals surface area contributed by atoms with E-state index in [9.17, 15) is 10.1 Å². The van der Waals surface area contributed by atoms with E-state index in [0.29, 0.717) is 17.9 Å². The first-order valence-electron chi connectivity index (χ1n) is 7.69. The quantitative estimate of drug-likeness (QED) is 0.887. The van der Waals surface area contributed by atoms with E-state index in [0.717, 1.165) is 23.9 Å². The number of para-hydroxylation sites is 1. The third-order valence-electron chi connectivity index (χ3n) is 4.07. The largest absolute Gasteiger partial charge is 0.353 e. The van der Waals surface area contributed by atoms with Crippen LogP contribution >= 0.6 is 0 Å². The second-order valence-corrected chi connectivity index (χ2v) is 5.89. The summed E-state index contributed by atoms with van der Waals surface area (Å²) in [4.78, 5) is 18.4. The lowest BCUT2D eigenvalue weighted by molar-refractivity contribution is -0.122. The molecular weight excluding hydrogens is 290 g/mol. The van der Waals surface area contributed by atoms with Crippen LogP contribution in [0.4, 0.5) is 5.82 Å². The number of fused-ring (bicyclic) bond motifs is 1. The molecule has 1 aliphatic heterocycles. The maximum atomic E-state index is 11.7. The minimum atomic E-state index is -0.516. The van der Waals surface area contributed by atoms with Crippen molar-refractivity contribution in [3.63, 3.8) is 0 Å². The van der Waals surface area contributed by atoms with Gasteiger partial charge in [-0.25, -0.2) is 4.98 Å². The van der Waals surface area contributed by atoms with Crippen LogP contribution in [0.15, 0.2) is 30.3 Å². The van der Waals surface area contributed by atoms with Crippen molar-refractivity contribution in [1.82, 2.24) is 10.3 Å². The number of hydrogen-bond acceptors (Lipinski definition) is 5. The van der Waals surface area contributed by atoms with Crippen LogP contribution in [0.1, 0.15) is 18.9 Å². The van der Waals surface area contributed by atoms with E-state index >= 15 is 0 Å². The van der Waals surface area contributed by atoms with Gasteiger partial charge in [-0.2, -0.15) is 5.26 Å². The summed E-state index contributed by atoms with van der Waals surface area (Å²) in [6.07, 6.45) is 0.817. The van der Waals surface area contributed by atoms with E-state index in [1.807, 2.05) is 30.3 Å². The number of pyridine rings is 1. The molecule has 1 saturated heterocycles. The number of nitrogens with two attached hydrogens (primary N) is 1. The van der Waals surface area contributed by atoms with E-state index < -0.39 is 6.04 Å². The Morgan fingerprint density at radius 1 is 1.52 bits per heavy atom. The molecule has 1 aliphatic rings. The highest BCUT2D eigenvalue weighted by atomic mass is 16.2. The van der Waals surface area contributed by atoms with E-state index in [4.69, 9.17) is 5.73 Å². The maximum Gasteiger partial charge on any atom is 0.236 e. The monoisotopic (exact) mass is 309 g/mol. The van der Waals surface area contributed by atoms with E-state index in [2.05, 4.69) is 21.3 Å². The summed E-state index contributed by atoms with van der Waals surface area (Å²) in [5.74, 6) is 0.535. The molecular formula is C17H19N5O. The number of rotatable bonds is 3. The molecule has 0 aliphatic carbocycles. The molecule has 6 heteroatoms. The van der Waals surface area contributed by atoms with Crippen LogP contribution in [0.5, 0.6) is 0 Å². The Morgan fingerprint density at radius 2 is 2.30 bits per heavy atom. The second-order valence-electron chi connectivity index (χ2n) is 5.89. The normalized spacial score (nSPS) is 18.7. The summed E-state index contributed by atoms with van der Waals surface area (Å²) in [6.45, 7) is 3.06. The average molecular weight is 309 g/mol. The van der Waals surface area contributed by atoms with Crippen molar-refractivity contribution in [3.05, 3.63) is 35.9 Å². The molecule has 3 N–H and O–H groups in total. The highest BCUT2D eigenvalue weighted by Gasteiger charge is 2.27. The van der Waals surface area contributed by atoms with Gasteiger partial charge in [-0.3, -0.25) is 4.79 Å². The first-order chi connectivity index (χ1) is 11.1. The zero-order chi connectivity index (χ0) is 16.4. The Kier molecular flexibility index (Phi) is 4.13. The predicted octanol–water partition coefficient (Wildman–Crippen LogP) is 1.15. The topological polar surface area (TPSA) is 95.0 Å². The maximum absolute atomic E-state index is 11.7. The SMILES string of the molecule is CC(N)C(=O)NC1CCN(c2nc3ccccc3cc2C#N)C1. The fourth-order valence-corrected chi connectivity index (χ4v) is 2.83. The summed E-state index contributed by atoms with van der Waals surface area (Å²) >= 11 is 0. The number of aromatic nitrogens is 1. The van der Waals surface area contributed by atoms with E-state index in [-0.39, 0.29) is 11.9 Å². The van der Waals surface area contributed by atoms with Crippen molar-refractivity contribution in [2.24, 2.45) is 5.73 Å². The smallest absolute Gasteiger partial charge is 0.236 e. The van der Waals surface area contributed by atoms with Crippen LogP contribution < -0.4 is 16.0 Å². The summed E-state index contributed by atoms with van der Waals surface area (Å²) in [5, 5.41) is 13.3. The first kappa shape index (κ1) is 15.3. The van der Waals surface area contributed by atoms with Crippen LogP contribution in [-0.4, -0.2) is 36.1 Å². The number of hydrogen-bond donors (Lipinski definition) is 2. The predicted molar refractivity (Wildman–Crippen MR) is 88.9 cm³/mol. The number of benzene rings is 1. The number of carbonyl (C=O) groups excluding carboxylic acids is 1. The number of nitriles is 1. The molecule has 2 aromatic rings. The Morgan fingerprint density at radius 3 is 3.04 bits per heavy atom. The minimum Gasteiger partial charge on any atom is -0.353 e. The van der Waals surface area contributed by atoms with Crippen molar-refractivity contribution in [2.75, 3.05) is 18.0 Å². The molecule has 0 radical (unpaired) electrons.